The second-order valence-electron chi connectivity index (χ2n) is 6.93. The van der Waals surface area contributed by atoms with E-state index in [4.69, 9.17) is 4.74 Å². The van der Waals surface area contributed by atoms with Crippen LogP contribution in [0.15, 0.2) is 54.6 Å². The van der Waals surface area contributed by atoms with Crippen LogP contribution in [-0.2, 0) is 9.59 Å². The molecule has 2 aromatic carbocycles. The summed E-state index contributed by atoms with van der Waals surface area (Å²) in [4.78, 5) is 24.3. The smallest absolute Gasteiger partial charge is 0.222 e. The fourth-order valence-electron chi connectivity index (χ4n) is 3.05. The van der Waals surface area contributed by atoms with Crippen molar-refractivity contribution in [2.45, 2.75) is 39.3 Å². The second-order valence-corrected chi connectivity index (χ2v) is 6.93. The molecule has 2 atom stereocenters. The molecule has 2 N–H and O–H groups in total. The Hall–Kier alpha value is -2.82. The number of amides is 2. The summed E-state index contributed by atoms with van der Waals surface area (Å²) in [5.41, 5.74) is 1.93. The third kappa shape index (κ3) is 6.13. The number of hydrogen-bond acceptors (Lipinski definition) is 3. The van der Waals surface area contributed by atoms with E-state index in [0.29, 0.717) is 0 Å². The molecule has 0 aliphatic rings. The second kappa shape index (κ2) is 9.76. The first-order valence-corrected chi connectivity index (χ1v) is 9.16. The van der Waals surface area contributed by atoms with Crippen LogP contribution in [0.25, 0.3) is 0 Å². The molecule has 0 saturated heterocycles. The van der Waals surface area contributed by atoms with Crippen LogP contribution < -0.4 is 15.4 Å². The molecule has 0 aliphatic carbocycles. The van der Waals surface area contributed by atoms with Gasteiger partial charge in [-0.1, -0.05) is 56.3 Å². The molecule has 27 heavy (non-hydrogen) atoms. The Labute approximate surface area is 161 Å². The molecule has 0 heterocycles. The lowest BCUT2D eigenvalue weighted by Gasteiger charge is -2.25. The topological polar surface area (TPSA) is 67.4 Å². The fraction of sp³-hybridized carbons (Fsp3) is 0.364. The van der Waals surface area contributed by atoms with Crippen molar-refractivity contribution in [2.75, 3.05) is 7.11 Å². The summed E-state index contributed by atoms with van der Waals surface area (Å²) in [6.07, 6.45) is 0.169. The molecule has 2 rings (SSSR count). The molecule has 0 bridgehead atoms. The van der Waals surface area contributed by atoms with Crippen molar-refractivity contribution < 1.29 is 14.3 Å². The maximum Gasteiger partial charge on any atom is 0.222 e. The highest BCUT2D eigenvalue weighted by Gasteiger charge is 2.22. The first kappa shape index (κ1) is 20.5. The highest BCUT2D eigenvalue weighted by molar-refractivity contribution is 5.79. The molecule has 2 unspecified atom stereocenters. The molecular weight excluding hydrogens is 340 g/mol. The molecule has 0 saturated carbocycles. The van der Waals surface area contributed by atoms with Crippen molar-refractivity contribution >= 4 is 11.8 Å². The van der Waals surface area contributed by atoms with E-state index in [1.54, 1.807) is 7.11 Å². The number of carbonyl (C=O) groups excluding carboxylic acids is 2. The largest absolute Gasteiger partial charge is 0.497 e. The standard InChI is InChI=1S/C22H28N2O3/c1-15(2)22(18-8-6-5-7-9-18)24-21(26)14-20(23-16(3)25)17-10-12-19(27-4)13-11-17/h5-13,15,20,22H,14H2,1-4H3,(H,23,25)(H,24,26). The Morgan fingerprint density at radius 1 is 0.926 bits per heavy atom. The summed E-state index contributed by atoms with van der Waals surface area (Å²) in [6, 6.07) is 16.8. The normalized spacial score (nSPS) is 12.9. The Kier molecular flexibility index (Phi) is 7.41. The van der Waals surface area contributed by atoms with Gasteiger partial charge in [-0.2, -0.15) is 0 Å². The molecule has 144 valence electrons. The minimum absolute atomic E-state index is 0.0763. The minimum Gasteiger partial charge on any atom is -0.497 e. The van der Waals surface area contributed by atoms with E-state index in [0.717, 1.165) is 16.9 Å². The van der Waals surface area contributed by atoms with Crippen LogP contribution in [0.3, 0.4) is 0 Å². The van der Waals surface area contributed by atoms with Gasteiger partial charge in [-0.15, -0.1) is 0 Å². The lowest BCUT2D eigenvalue weighted by Crippen LogP contribution is -2.36. The van der Waals surface area contributed by atoms with Gasteiger partial charge in [0.15, 0.2) is 0 Å². The average molecular weight is 368 g/mol. The Balaban J connectivity index is 2.13. The molecule has 0 aliphatic heterocycles. The SMILES string of the molecule is COc1ccc(C(CC(=O)NC(c2ccccc2)C(C)C)NC(C)=O)cc1. The first-order chi connectivity index (χ1) is 12.9. The van der Waals surface area contributed by atoms with Gasteiger partial charge in [0.1, 0.15) is 5.75 Å². The molecule has 0 spiro atoms. The van der Waals surface area contributed by atoms with Crippen molar-refractivity contribution in [3.05, 3.63) is 65.7 Å². The van der Waals surface area contributed by atoms with Gasteiger partial charge >= 0.3 is 0 Å². The third-order valence-electron chi connectivity index (χ3n) is 4.43. The molecule has 5 nitrogen and oxygen atoms in total. The quantitative estimate of drug-likeness (QED) is 0.745. The number of benzene rings is 2. The van der Waals surface area contributed by atoms with Crippen molar-refractivity contribution in [3.63, 3.8) is 0 Å². The third-order valence-corrected chi connectivity index (χ3v) is 4.43. The lowest BCUT2D eigenvalue weighted by atomic mass is 9.95. The predicted octanol–water partition coefficient (Wildman–Crippen LogP) is 3.78. The number of ether oxygens (including phenoxy) is 1. The Bertz CT molecular complexity index is 742. The summed E-state index contributed by atoms with van der Waals surface area (Å²) in [6.45, 7) is 5.61. The van der Waals surface area contributed by atoms with Gasteiger partial charge in [0, 0.05) is 6.92 Å². The van der Waals surface area contributed by atoms with Crippen LogP contribution in [0.1, 0.15) is 50.4 Å². The average Bonchev–Trinajstić information content (AvgIpc) is 2.66. The van der Waals surface area contributed by atoms with Crippen molar-refractivity contribution in [3.8, 4) is 5.75 Å². The maximum absolute atomic E-state index is 12.7. The Morgan fingerprint density at radius 3 is 2.07 bits per heavy atom. The molecule has 0 fully saturated rings. The lowest BCUT2D eigenvalue weighted by molar-refractivity contribution is -0.123. The van der Waals surface area contributed by atoms with E-state index in [1.807, 2.05) is 54.6 Å². The molecule has 2 aromatic rings. The molecule has 2 amide bonds. The van der Waals surface area contributed by atoms with E-state index in [-0.39, 0.29) is 30.2 Å². The zero-order chi connectivity index (χ0) is 19.8. The summed E-state index contributed by atoms with van der Waals surface area (Å²) in [5, 5.41) is 5.98. The molecule has 5 heteroatoms. The zero-order valence-electron chi connectivity index (χ0n) is 16.4. The minimum atomic E-state index is -0.392. The van der Waals surface area contributed by atoms with E-state index in [1.165, 1.54) is 6.92 Å². The van der Waals surface area contributed by atoms with Crippen LogP contribution in [-0.4, -0.2) is 18.9 Å². The zero-order valence-corrected chi connectivity index (χ0v) is 16.4. The van der Waals surface area contributed by atoms with Gasteiger partial charge < -0.3 is 15.4 Å². The van der Waals surface area contributed by atoms with Crippen LogP contribution in [0.4, 0.5) is 0 Å². The maximum atomic E-state index is 12.7. The Morgan fingerprint density at radius 2 is 1.56 bits per heavy atom. The molecular formula is C22H28N2O3. The van der Waals surface area contributed by atoms with E-state index >= 15 is 0 Å². The van der Waals surface area contributed by atoms with Crippen LogP contribution in [0.5, 0.6) is 5.75 Å². The van der Waals surface area contributed by atoms with Gasteiger partial charge in [0.25, 0.3) is 0 Å². The van der Waals surface area contributed by atoms with Gasteiger partial charge in [-0.05, 0) is 29.2 Å². The number of nitrogens with one attached hydrogen (secondary N) is 2. The monoisotopic (exact) mass is 368 g/mol. The van der Waals surface area contributed by atoms with Gasteiger partial charge in [-0.3, -0.25) is 9.59 Å². The van der Waals surface area contributed by atoms with E-state index < -0.39 is 6.04 Å². The number of hydrogen-bond donors (Lipinski definition) is 2. The molecule has 0 aromatic heterocycles. The fourth-order valence-corrected chi connectivity index (χ4v) is 3.05. The first-order valence-electron chi connectivity index (χ1n) is 9.16. The van der Waals surface area contributed by atoms with Crippen molar-refractivity contribution in [1.29, 1.82) is 0 Å². The number of rotatable bonds is 8. The predicted molar refractivity (Wildman–Crippen MR) is 106 cm³/mol. The highest BCUT2D eigenvalue weighted by Crippen LogP contribution is 2.24. The van der Waals surface area contributed by atoms with Crippen LogP contribution in [0.2, 0.25) is 0 Å². The van der Waals surface area contributed by atoms with Crippen LogP contribution >= 0.6 is 0 Å². The van der Waals surface area contributed by atoms with Gasteiger partial charge in [0.2, 0.25) is 11.8 Å². The summed E-state index contributed by atoms with van der Waals surface area (Å²) < 4.78 is 5.17. The van der Waals surface area contributed by atoms with E-state index in [2.05, 4.69) is 24.5 Å². The van der Waals surface area contributed by atoms with Gasteiger partial charge in [0.05, 0.1) is 25.6 Å². The summed E-state index contributed by atoms with van der Waals surface area (Å²) in [7, 11) is 1.60. The number of methoxy groups -OCH3 is 1. The summed E-state index contributed by atoms with van der Waals surface area (Å²) in [5.74, 6) is 0.699. The number of carbonyl (C=O) groups is 2. The molecule has 0 radical (unpaired) electrons. The van der Waals surface area contributed by atoms with Crippen LogP contribution in [0, 0.1) is 5.92 Å². The van der Waals surface area contributed by atoms with Crippen molar-refractivity contribution in [1.82, 2.24) is 10.6 Å². The highest BCUT2D eigenvalue weighted by atomic mass is 16.5. The van der Waals surface area contributed by atoms with Gasteiger partial charge in [-0.25, -0.2) is 0 Å². The van der Waals surface area contributed by atoms with Crippen molar-refractivity contribution in [2.24, 2.45) is 5.92 Å². The van der Waals surface area contributed by atoms with E-state index in [9.17, 15) is 9.59 Å². The summed E-state index contributed by atoms with van der Waals surface area (Å²) >= 11 is 0.